The van der Waals surface area contributed by atoms with Crippen molar-refractivity contribution in [3.8, 4) is 0 Å². The molecule has 0 bridgehead atoms. The molecule has 2 aromatic rings. The Bertz CT molecular complexity index is 575. The van der Waals surface area contributed by atoms with E-state index in [1.807, 2.05) is 24.3 Å². The van der Waals surface area contributed by atoms with Gasteiger partial charge in [-0.3, -0.25) is 4.79 Å². The number of hydrogen-bond acceptors (Lipinski definition) is 6. The van der Waals surface area contributed by atoms with E-state index < -0.39 is 0 Å². The minimum atomic E-state index is -0.0655. The number of carbonyl (C=O) groups is 1. The normalized spacial score (nSPS) is 10.2. The van der Waals surface area contributed by atoms with Crippen molar-refractivity contribution in [1.82, 2.24) is 10.2 Å². The third-order valence-electron chi connectivity index (χ3n) is 2.06. The maximum atomic E-state index is 11.8. The molecule has 0 saturated carbocycles. The van der Waals surface area contributed by atoms with E-state index in [9.17, 15) is 4.79 Å². The second kappa shape index (κ2) is 6.88. The van der Waals surface area contributed by atoms with Gasteiger partial charge in [-0.25, -0.2) is 0 Å². The van der Waals surface area contributed by atoms with E-state index in [1.165, 1.54) is 23.1 Å². The highest BCUT2D eigenvalue weighted by Crippen LogP contribution is 2.25. The number of hydrogen-bond donors (Lipinski definition) is 2. The fourth-order valence-corrected chi connectivity index (χ4v) is 3.16. The Morgan fingerprint density at radius 3 is 3.00 bits per heavy atom. The summed E-state index contributed by atoms with van der Waals surface area (Å²) in [6.45, 7) is 0. The van der Waals surface area contributed by atoms with Crippen LogP contribution < -0.4 is 10.6 Å². The highest BCUT2D eigenvalue weighted by atomic mass is 79.9. The smallest absolute Gasteiger partial charge is 0.234 e. The summed E-state index contributed by atoms with van der Waals surface area (Å²) in [5.74, 6) is 0.245. The van der Waals surface area contributed by atoms with Crippen LogP contribution in [0, 0.1) is 0 Å². The van der Waals surface area contributed by atoms with E-state index in [1.54, 1.807) is 7.05 Å². The minimum absolute atomic E-state index is 0.0655. The minimum Gasteiger partial charge on any atom is -0.363 e. The standard InChI is InChI=1S/C11H11BrN4OS2/c1-13-10-15-16-11(19-10)18-6-9(17)14-8-4-2-3-7(12)5-8/h2-5H,6H2,1H3,(H,13,15)(H,14,17). The molecule has 100 valence electrons. The van der Waals surface area contributed by atoms with Crippen LogP contribution in [0.25, 0.3) is 0 Å². The number of nitrogens with zero attached hydrogens (tertiary/aromatic N) is 2. The molecular weight excluding hydrogens is 348 g/mol. The molecule has 0 radical (unpaired) electrons. The molecule has 1 aromatic carbocycles. The van der Waals surface area contributed by atoms with E-state index in [0.717, 1.165) is 19.6 Å². The molecule has 1 amide bonds. The van der Waals surface area contributed by atoms with Crippen molar-refractivity contribution in [2.45, 2.75) is 4.34 Å². The summed E-state index contributed by atoms with van der Waals surface area (Å²) in [5, 5.41) is 14.3. The average molecular weight is 359 g/mol. The first kappa shape index (κ1) is 14.3. The van der Waals surface area contributed by atoms with Gasteiger partial charge in [-0.1, -0.05) is 45.1 Å². The average Bonchev–Trinajstić information content (AvgIpc) is 2.84. The van der Waals surface area contributed by atoms with Crippen LogP contribution in [0.4, 0.5) is 10.8 Å². The topological polar surface area (TPSA) is 66.9 Å². The highest BCUT2D eigenvalue weighted by molar-refractivity contribution is 9.10. The van der Waals surface area contributed by atoms with Crippen LogP contribution in [-0.4, -0.2) is 28.9 Å². The maximum absolute atomic E-state index is 11.8. The van der Waals surface area contributed by atoms with Crippen molar-refractivity contribution in [3.05, 3.63) is 28.7 Å². The van der Waals surface area contributed by atoms with Crippen molar-refractivity contribution >= 4 is 55.8 Å². The fraction of sp³-hybridized carbons (Fsp3) is 0.182. The second-order valence-electron chi connectivity index (χ2n) is 3.47. The molecule has 1 heterocycles. The van der Waals surface area contributed by atoms with E-state index in [0.29, 0.717) is 5.75 Å². The second-order valence-corrected chi connectivity index (χ2v) is 6.59. The zero-order valence-electron chi connectivity index (χ0n) is 10.0. The summed E-state index contributed by atoms with van der Waals surface area (Å²) in [6, 6.07) is 7.48. The molecule has 19 heavy (non-hydrogen) atoms. The molecular formula is C11H11BrN4OS2. The van der Waals surface area contributed by atoms with Crippen LogP contribution in [0.2, 0.25) is 0 Å². The van der Waals surface area contributed by atoms with Gasteiger partial charge in [0.15, 0.2) is 4.34 Å². The van der Waals surface area contributed by atoms with Crippen LogP contribution in [0.15, 0.2) is 33.1 Å². The Morgan fingerprint density at radius 1 is 1.47 bits per heavy atom. The third-order valence-corrected chi connectivity index (χ3v) is 4.62. The lowest BCUT2D eigenvalue weighted by atomic mass is 10.3. The number of aromatic nitrogens is 2. The first-order chi connectivity index (χ1) is 9.17. The largest absolute Gasteiger partial charge is 0.363 e. The van der Waals surface area contributed by atoms with Gasteiger partial charge in [0.25, 0.3) is 0 Å². The molecule has 0 saturated heterocycles. The van der Waals surface area contributed by atoms with Gasteiger partial charge in [0.05, 0.1) is 5.75 Å². The number of amides is 1. The molecule has 2 N–H and O–H groups in total. The first-order valence-electron chi connectivity index (χ1n) is 5.37. The van der Waals surface area contributed by atoms with Gasteiger partial charge in [-0.2, -0.15) is 0 Å². The summed E-state index contributed by atoms with van der Waals surface area (Å²) in [6.07, 6.45) is 0. The van der Waals surface area contributed by atoms with Gasteiger partial charge in [-0.05, 0) is 18.2 Å². The summed E-state index contributed by atoms with van der Waals surface area (Å²) in [7, 11) is 1.79. The highest BCUT2D eigenvalue weighted by Gasteiger charge is 2.07. The number of halogens is 1. The Hall–Kier alpha value is -1.12. The van der Waals surface area contributed by atoms with Crippen molar-refractivity contribution in [2.24, 2.45) is 0 Å². The van der Waals surface area contributed by atoms with Gasteiger partial charge in [0, 0.05) is 17.2 Å². The van der Waals surface area contributed by atoms with Crippen LogP contribution >= 0.6 is 39.0 Å². The molecule has 8 heteroatoms. The quantitative estimate of drug-likeness (QED) is 0.804. The van der Waals surface area contributed by atoms with Crippen LogP contribution in [-0.2, 0) is 4.79 Å². The molecule has 1 aromatic heterocycles. The predicted molar refractivity (Wildman–Crippen MR) is 83.0 cm³/mol. The van der Waals surface area contributed by atoms with E-state index in [-0.39, 0.29) is 5.91 Å². The van der Waals surface area contributed by atoms with Gasteiger partial charge < -0.3 is 10.6 Å². The molecule has 0 unspecified atom stereocenters. The predicted octanol–water partition coefficient (Wildman–Crippen LogP) is 3.07. The summed E-state index contributed by atoms with van der Waals surface area (Å²) in [4.78, 5) is 11.8. The zero-order chi connectivity index (χ0) is 13.7. The SMILES string of the molecule is CNc1nnc(SCC(=O)Nc2cccc(Br)c2)s1. The monoisotopic (exact) mass is 358 g/mol. The number of nitrogens with one attached hydrogen (secondary N) is 2. The summed E-state index contributed by atoms with van der Waals surface area (Å²) in [5.41, 5.74) is 0.771. The van der Waals surface area contributed by atoms with Crippen LogP contribution in [0.1, 0.15) is 0 Å². The summed E-state index contributed by atoms with van der Waals surface area (Å²) < 4.78 is 1.70. The molecule has 0 aliphatic carbocycles. The van der Waals surface area contributed by atoms with Crippen molar-refractivity contribution < 1.29 is 4.79 Å². The van der Waals surface area contributed by atoms with Gasteiger partial charge >= 0.3 is 0 Å². The molecule has 0 aliphatic heterocycles. The Balaban J connectivity index is 1.84. The van der Waals surface area contributed by atoms with Gasteiger partial charge in [0.1, 0.15) is 0 Å². The lowest BCUT2D eigenvalue weighted by Crippen LogP contribution is -2.13. The van der Waals surface area contributed by atoms with Crippen molar-refractivity contribution in [2.75, 3.05) is 23.4 Å². The van der Waals surface area contributed by atoms with Gasteiger partial charge in [0.2, 0.25) is 11.0 Å². The number of benzene rings is 1. The first-order valence-corrected chi connectivity index (χ1v) is 7.96. The number of rotatable bonds is 5. The molecule has 0 fully saturated rings. The van der Waals surface area contributed by atoms with Crippen molar-refractivity contribution in [3.63, 3.8) is 0 Å². The molecule has 5 nitrogen and oxygen atoms in total. The number of thioether (sulfide) groups is 1. The molecule has 0 atom stereocenters. The van der Waals surface area contributed by atoms with Crippen LogP contribution in [0.5, 0.6) is 0 Å². The van der Waals surface area contributed by atoms with E-state index in [4.69, 9.17) is 0 Å². The Kier molecular flexibility index (Phi) is 5.17. The molecule has 0 aliphatic rings. The molecule has 2 rings (SSSR count). The Labute approximate surface area is 127 Å². The van der Waals surface area contributed by atoms with Gasteiger partial charge in [-0.15, -0.1) is 10.2 Å². The van der Waals surface area contributed by atoms with E-state index in [2.05, 4.69) is 36.8 Å². The van der Waals surface area contributed by atoms with Crippen LogP contribution in [0.3, 0.4) is 0 Å². The van der Waals surface area contributed by atoms with Crippen molar-refractivity contribution in [1.29, 1.82) is 0 Å². The Morgan fingerprint density at radius 2 is 2.32 bits per heavy atom. The number of carbonyl (C=O) groups excluding carboxylic acids is 1. The maximum Gasteiger partial charge on any atom is 0.234 e. The molecule has 0 spiro atoms. The fourth-order valence-electron chi connectivity index (χ4n) is 1.26. The lowest BCUT2D eigenvalue weighted by molar-refractivity contribution is -0.113. The summed E-state index contributed by atoms with van der Waals surface area (Å²) >= 11 is 6.15. The zero-order valence-corrected chi connectivity index (χ0v) is 13.2. The lowest BCUT2D eigenvalue weighted by Gasteiger charge is -2.04. The number of anilines is 2. The third kappa shape index (κ3) is 4.48. The van der Waals surface area contributed by atoms with E-state index >= 15 is 0 Å².